The van der Waals surface area contributed by atoms with Crippen molar-refractivity contribution >= 4 is 28.8 Å². The largest absolute Gasteiger partial charge is 0.379 e. The Labute approximate surface area is 102 Å². The molecule has 0 spiro atoms. The van der Waals surface area contributed by atoms with Gasteiger partial charge in [0.25, 0.3) is 0 Å². The van der Waals surface area contributed by atoms with E-state index in [2.05, 4.69) is 10.3 Å². The van der Waals surface area contributed by atoms with Crippen LogP contribution in [0.3, 0.4) is 0 Å². The summed E-state index contributed by atoms with van der Waals surface area (Å²) >= 11 is 2.96. The Balaban J connectivity index is 2.02. The van der Waals surface area contributed by atoms with Crippen LogP contribution in [-0.4, -0.2) is 11.2 Å². The molecule has 0 aliphatic heterocycles. The van der Waals surface area contributed by atoms with E-state index in [-0.39, 0.29) is 5.82 Å². The Kier molecular flexibility index (Phi) is 3.79. The molecule has 0 atom stereocenters. The SMILES string of the molecule is CSc1ccc(NCc2cscn2)cc1F. The van der Waals surface area contributed by atoms with E-state index in [0.717, 1.165) is 11.4 Å². The van der Waals surface area contributed by atoms with Crippen molar-refractivity contribution in [2.45, 2.75) is 11.4 Å². The van der Waals surface area contributed by atoms with Gasteiger partial charge in [0.1, 0.15) is 5.82 Å². The lowest BCUT2D eigenvalue weighted by molar-refractivity contribution is 0.602. The standard InChI is InChI=1S/C11H11FN2S2/c1-15-11-3-2-8(4-10(11)12)13-5-9-6-16-7-14-9/h2-4,6-7,13H,5H2,1H3. The average molecular weight is 254 g/mol. The van der Waals surface area contributed by atoms with E-state index in [9.17, 15) is 4.39 Å². The molecule has 0 aliphatic rings. The van der Waals surface area contributed by atoms with E-state index in [0.29, 0.717) is 11.4 Å². The molecule has 1 aromatic heterocycles. The number of halogens is 1. The summed E-state index contributed by atoms with van der Waals surface area (Å²) in [5.41, 5.74) is 3.54. The molecule has 0 saturated heterocycles. The van der Waals surface area contributed by atoms with Gasteiger partial charge in [0, 0.05) is 16.0 Å². The molecular formula is C11H11FN2S2. The van der Waals surface area contributed by atoms with Crippen molar-refractivity contribution < 1.29 is 4.39 Å². The first-order valence-corrected chi connectivity index (χ1v) is 6.91. The normalized spacial score (nSPS) is 10.4. The van der Waals surface area contributed by atoms with E-state index in [1.54, 1.807) is 22.9 Å². The van der Waals surface area contributed by atoms with Gasteiger partial charge in [-0.15, -0.1) is 23.1 Å². The summed E-state index contributed by atoms with van der Waals surface area (Å²) in [6.07, 6.45) is 1.86. The van der Waals surface area contributed by atoms with Crippen molar-refractivity contribution in [3.05, 3.63) is 40.6 Å². The third-order valence-electron chi connectivity index (χ3n) is 2.11. The predicted molar refractivity (Wildman–Crippen MR) is 67.6 cm³/mol. The zero-order chi connectivity index (χ0) is 11.4. The van der Waals surface area contributed by atoms with Crippen molar-refractivity contribution in [2.24, 2.45) is 0 Å². The molecule has 0 amide bonds. The average Bonchev–Trinajstić information content (AvgIpc) is 2.79. The molecule has 2 aromatic rings. The first-order chi connectivity index (χ1) is 7.79. The number of nitrogens with zero attached hydrogens (tertiary/aromatic N) is 1. The molecule has 0 unspecified atom stereocenters. The topological polar surface area (TPSA) is 24.9 Å². The summed E-state index contributed by atoms with van der Waals surface area (Å²) in [6.45, 7) is 0.627. The van der Waals surface area contributed by atoms with E-state index < -0.39 is 0 Å². The second-order valence-corrected chi connectivity index (χ2v) is 4.75. The Bertz CT molecular complexity index is 457. The molecule has 0 bridgehead atoms. The first kappa shape index (κ1) is 11.4. The highest BCUT2D eigenvalue weighted by molar-refractivity contribution is 7.98. The smallest absolute Gasteiger partial charge is 0.138 e. The lowest BCUT2D eigenvalue weighted by Gasteiger charge is -2.06. The van der Waals surface area contributed by atoms with Gasteiger partial charge in [0.2, 0.25) is 0 Å². The van der Waals surface area contributed by atoms with Crippen LogP contribution in [0.5, 0.6) is 0 Å². The van der Waals surface area contributed by atoms with Crippen LogP contribution in [0.25, 0.3) is 0 Å². The van der Waals surface area contributed by atoms with Gasteiger partial charge >= 0.3 is 0 Å². The van der Waals surface area contributed by atoms with Gasteiger partial charge in [-0.2, -0.15) is 0 Å². The van der Waals surface area contributed by atoms with Crippen LogP contribution in [0.15, 0.2) is 34.0 Å². The quantitative estimate of drug-likeness (QED) is 0.844. The summed E-state index contributed by atoms with van der Waals surface area (Å²) in [6, 6.07) is 5.17. The third-order valence-corrected chi connectivity index (χ3v) is 3.52. The first-order valence-electron chi connectivity index (χ1n) is 4.74. The van der Waals surface area contributed by atoms with Crippen LogP contribution in [-0.2, 0) is 6.54 Å². The highest BCUT2D eigenvalue weighted by atomic mass is 32.2. The summed E-state index contributed by atoms with van der Waals surface area (Å²) < 4.78 is 13.4. The molecule has 2 rings (SSSR count). The fourth-order valence-electron chi connectivity index (χ4n) is 1.29. The number of benzene rings is 1. The van der Waals surface area contributed by atoms with E-state index in [4.69, 9.17) is 0 Å². The van der Waals surface area contributed by atoms with Gasteiger partial charge in [-0.25, -0.2) is 9.37 Å². The van der Waals surface area contributed by atoms with Crippen LogP contribution in [0.1, 0.15) is 5.69 Å². The lowest BCUT2D eigenvalue weighted by Crippen LogP contribution is -1.99. The van der Waals surface area contributed by atoms with Crippen molar-refractivity contribution in [2.75, 3.05) is 11.6 Å². The molecule has 2 nitrogen and oxygen atoms in total. The maximum absolute atomic E-state index is 13.4. The zero-order valence-electron chi connectivity index (χ0n) is 8.74. The highest BCUT2D eigenvalue weighted by Crippen LogP contribution is 2.22. The Morgan fingerprint density at radius 1 is 1.50 bits per heavy atom. The third kappa shape index (κ3) is 2.74. The van der Waals surface area contributed by atoms with E-state index in [1.807, 2.05) is 17.7 Å². The van der Waals surface area contributed by atoms with Gasteiger partial charge in [-0.3, -0.25) is 0 Å². The maximum atomic E-state index is 13.4. The minimum Gasteiger partial charge on any atom is -0.379 e. The molecule has 0 radical (unpaired) electrons. The maximum Gasteiger partial charge on any atom is 0.138 e. The number of anilines is 1. The second kappa shape index (κ2) is 5.32. The van der Waals surface area contributed by atoms with Crippen molar-refractivity contribution in [3.63, 3.8) is 0 Å². The van der Waals surface area contributed by atoms with Gasteiger partial charge < -0.3 is 5.32 Å². The van der Waals surface area contributed by atoms with Crippen LogP contribution < -0.4 is 5.32 Å². The van der Waals surface area contributed by atoms with Gasteiger partial charge in [0.05, 0.1) is 17.7 Å². The van der Waals surface area contributed by atoms with Crippen molar-refractivity contribution in [3.8, 4) is 0 Å². The van der Waals surface area contributed by atoms with Crippen molar-refractivity contribution in [1.29, 1.82) is 0 Å². The second-order valence-electron chi connectivity index (χ2n) is 3.18. The van der Waals surface area contributed by atoms with Gasteiger partial charge in [-0.05, 0) is 24.5 Å². The highest BCUT2D eigenvalue weighted by Gasteiger charge is 2.02. The summed E-state index contributed by atoms with van der Waals surface area (Å²) in [4.78, 5) is 4.81. The van der Waals surface area contributed by atoms with Crippen LogP contribution in [0.4, 0.5) is 10.1 Å². The molecule has 16 heavy (non-hydrogen) atoms. The fourth-order valence-corrected chi connectivity index (χ4v) is 2.31. The Morgan fingerprint density at radius 3 is 3.00 bits per heavy atom. The molecular weight excluding hydrogens is 243 g/mol. The summed E-state index contributed by atoms with van der Waals surface area (Å²) in [5.74, 6) is -0.184. The molecule has 1 N–H and O–H groups in total. The van der Waals surface area contributed by atoms with Crippen LogP contribution >= 0.6 is 23.1 Å². The number of aromatic nitrogens is 1. The minimum atomic E-state index is -0.184. The minimum absolute atomic E-state index is 0.184. The van der Waals surface area contributed by atoms with Gasteiger partial charge in [-0.1, -0.05) is 0 Å². The monoisotopic (exact) mass is 254 g/mol. The van der Waals surface area contributed by atoms with E-state index >= 15 is 0 Å². The summed E-state index contributed by atoms with van der Waals surface area (Å²) in [5, 5.41) is 5.11. The molecule has 0 fully saturated rings. The number of rotatable bonds is 4. The molecule has 5 heteroatoms. The molecule has 84 valence electrons. The van der Waals surface area contributed by atoms with Crippen LogP contribution in [0.2, 0.25) is 0 Å². The fraction of sp³-hybridized carbons (Fsp3) is 0.182. The Morgan fingerprint density at radius 2 is 2.38 bits per heavy atom. The van der Waals surface area contributed by atoms with E-state index in [1.165, 1.54) is 17.8 Å². The summed E-state index contributed by atoms with van der Waals surface area (Å²) in [7, 11) is 0. The number of thiazole rings is 1. The predicted octanol–water partition coefficient (Wildman–Crippen LogP) is 3.62. The molecule has 1 aromatic carbocycles. The van der Waals surface area contributed by atoms with Gasteiger partial charge in [0.15, 0.2) is 0 Å². The van der Waals surface area contributed by atoms with Crippen molar-refractivity contribution in [1.82, 2.24) is 4.98 Å². The zero-order valence-corrected chi connectivity index (χ0v) is 10.4. The number of thioether (sulfide) groups is 1. The number of nitrogens with one attached hydrogen (secondary N) is 1. The number of hydrogen-bond acceptors (Lipinski definition) is 4. The number of hydrogen-bond donors (Lipinski definition) is 1. The van der Waals surface area contributed by atoms with Crippen LogP contribution in [0, 0.1) is 5.82 Å². The Hall–Kier alpha value is -1.07. The molecule has 0 saturated carbocycles. The molecule has 0 aliphatic carbocycles. The molecule has 1 heterocycles. The lowest BCUT2D eigenvalue weighted by atomic mass is 10.3.